The summed E-state index contributed by atoms with van der Waals surface area (Å²) in [5.74, 6) is 0. The number of rotatable bonds is 4. The summed E-state index contributed by atoms with van der Waals surface area (Å²) in [6.45, 7) is 3.61. The lowest BCUT2D eigenvalue weighted by molar-refractivity contribution is 0.151. The van der Waals surface area contributed by atoms with Crippen LogP contribution in [0.5, 0.6) is 0 Å². The summed E-state index contributed by atoms with van der Waals surface area (Å²) >= 11 is 15.4. The number of piperazine rings is 1. The van der Waals surface area contributed by atoms with E-state index >= 15 is 0 Å². The predicted molar refractivity (Wildman–Crippen MR) is 133 cm³/mol. The van der Waals surface area contributed by atoms with E-state index in [9.17, 15) is 0 Å². The Morgan fingerprint density at radius 2 is 1.43 bits per heavy atom. The van der Waals surface area contributed by atoms with Crippen molar-refractivity contribution >= 4 is 50.5 Å². The number of benzene rings is 3. The number of nitrogens with one attached hydrogen (secondary N) is 1. The minimum atomic E-state index is 0.247. The number of thiocarbonyl (C=S) groups is 1. The van der Waals surface area contributed by atoms with Crippen molar-refractivity contribution in [3.63, 3.8) is 0 Å². The van der Waals surface area contributed by atoms with Crippen LogP contribution in [-0.2, 0) is 0 Å². The molecule has 0 aliphatic carbocycles. The molecule has 1 aliphatic rings. The van der Waals surface area contributed by atoms with Gasteiger partial charge in [0, 0.05) is 30.7 Å². The molecule has 3 nitrogen and oxygen atoms in total. The summed E-state index contributed by atoms with van der Waals surface area (Å²) in [5.41, 5.74) is 3.47. The predicted octanol–water partition coefficient (Wildman–Crippen LogP) is 6.21. The second-order valence-corrected chi connectivity index (χ2v) is 9.01. The topological polar surface area (TPSA) is 18.5 Å². The van der Waals surface area contributed by atoms with Crippen molar-refractivity contribution in [2.24, 2.45) is 0 Å². The van der Waals surface area contributed by atoms with E-state index in [4.69, 9.17) is 23.8 Å². The van der Waals surface area contributed by atoms with Gasteiger partial charge in [0.1, 0.15) is 0 Å². The van der Waals surface area contributed by atoms with Crippen LogP contribution in [0.25, 0.3) is 0 Å². The lowest BCUT2D eigenvalue weighted by Crippen LogP contribution is -2.51. The van der Waals surface area contributed by atoms with Crippen molar-refractivity contribution in [2.45, 2.75) is 6.04 Å². The van der Waals surface area contributed by atoms with Gasteiger partial charge in [-0.1, -0.05) is 88.2 Å². The Labute approximate surface area is 196 Å². The molecule has 6 heteroatoms. The minimum absolute atomic E-state index is 0.247. The zero-order valence-corrected chi connectivity index (χ0v) is 19.6. The van der Waals surface area contributed by atoms with E-state index in [0.29, 0.717) is 5.02 Å². The van der Waals surface area contributed by atoms with Crippen LogP contribution >= 0.6 is 39.7 Å². The molecule has 0 amide bonds. The maximum absolute atomic E-state index is 6.33. The van der Waals surface area contributed by atoms with Gasteiger partial charge in [-0.3, -0.25) is 4.90 Å². The van der Waals surface area contributed by atoms with Crippen molar-refractivity contribution in [1.29, 1.82) is 0 Å². The van der Waals surface area contributed by atoms with E-state index in [2.05, 4.69) is 91.7 Å². The molecule has 0 atom stereocenters. The smallest absolute Gasteiger partial charge is 0.173 e. The molecule has 0 radical (unpaired) electrons. The highest BCUT2D eigenvalue weighted by molar-refractivity contribution is 9.10. The van der Waals surface area contributed by atoms with Crippen molar-refractivity contribution in [3.8, 4) is 0 Å². The zero-order chi connectivity index (χ0) is 20.9. The molecule has 1 heterocycles. The standard InChI is InChI=1S/C24H23BrClN3S/c25-20-11-12-22(21(26)17-20)27-24(30)29-15-13-28(14-16-29)23(18-7-3-1-4-8-18)19-9-5-2-6-10-19/h1-12,17,23H,13-16H2,(H,27,30). The second-order valence-electron chi connectivity index (χ2n) is 7.30. The van der Waals surface area contributed by atoms with Crippen LogP contribution < -0.4 is 5.32 Å². The number of anilines is 1. The average Bonchev–Trinajstić information content (AvgIpc) is 2.78. The molecular weight excluding hydrogens is 478 g/mol. The van der Waals surface area contributed by atoms with E-state index in [-0.39, 0.29) is 6.04 Å². The molecule has 0 unspecified atom stereocenters. The molecule has 154 valence electrons. The van der Waals surface area contributed by atoms with E-state index < -0.39 is 0 Å². The van der Waals surface area contributed by atoms with Crippen LogP contribution in [0.1, 0.15) is 17.2 Å². The van der Waals surface area contributed by atoms with Crippen LogP contribution in [0, 0.1) is 0 Å². The van der Waals surface area contributed by atoms with E-state index in [1.165, 1.54) is 11.1 Å². The summed E-state index contributed by atoms with van der Waals surface area (Å²) in [5, 5.41) is 4.67. The van der Waals surface area contributed by atoms with Crippen LogP contribution in [0.2, 0.25) is 5.02 Å². The van der Waals surface area contributed by atoms with Crippen LogP contribution in [0.15, 0.2) is 83.3 Å². The van der Waals surface area contributed by atoms with Gasteiger partial charge in [-0.25, -0.2) is 0 Å². The Kier molecular flexibility index (Phi) is 7.05. The fourth-order valence-electron chi connectivity index (χ4n) is 3.85. The first-order valence-electron chi connectivity index (χ1n) is 9.97. The van der Waals surface area contributed by atoms with Crippen molar-refractivity contribution < 1.29 is 0 Å². The average molecular weight is 501 g/mol. The van der Waals surface area contributed by atoms with Crippen LogP contribution in [0.3, 0.4) is 0 Å². The van der Waals surface area contributed by atoms with Crippen molar-refractivity contribution in [1.82, 2.24) is 9.80 Å². The number of hydrogen-bond acceptors (Lipinski definition) is 2. The highest BCUT2D eigenvalue weighted by Crippen LogP contribution is 2.30. The molecule has 1 N–H and O–H groups in total. The third-order valence-corrected chi connectivity index (χ3v) is 6.54. The summed E-state index contributed by atoms with van der Waals surface area (Å²) in [6.07, 6.45) is 0. The van der Waals surface area contributed by atoms with Gasteiger partial charge in [0.05, 0.1) is 16.8 Å². The Balaban J connectivity index is 1.45. The molecule has 1 aliphatic heterocycles. The first-order valence-corrected chi connectivity index (χ1v) is 11.5. The molecule has 0 bridgehead atoms. The van der Waals surface area contributed by atoms with E-state index in [0.717, 1.165) is 41.5 Å². The highest BCUT2D eigenvalue weighted by atomic mass is 79.9. The molecule has 0 saturated carbocycles. The third-order valence-electron chi connectivity index (χ3n) is 5.37. The van der Waals surface area contributed by atoms with Crippen LogP contribution in [0.4, 0.5) is 5.69 Å². The normalized spacial score (nSPS) is 14.7. The van der Waals surface area contributed by atoms with Gasteiger partial charge in [-0.05, 0) is 41.5 Å². The van der Waals surface area contributed by atoms with Gasteiger partial charge in [-0.2, -0.15) is 0 Å². The number of halogens is 2. The quantitative estimate of drug-likeness (QED) is 0.429. The summed E-state index contributed by atoms with van der Waals surface area (Å²) < 4.78 is 0.949. The Morgan fingerprint density at radius 3 is 1.97 bits per heavy atom. The monoisotopic (exact) mass is 499 g/mol. The second kappa shape index (κ2) is 9.92. The highest BCUT2D eigenvalue weighted by Gasteiger charge is 2.27. The van der Waals surface area contributed by atoms with Gasteiger partial charge < -0.3 is 10.2 Å². The third kappa shape index (κ3) is 5.03. The Morgan fingerprint density at radius 1 is 0.867 bits per heavy atom. The molecular formula is C24H23BrClN3S. The summed E-state index contributed by atoms with van der Waals surface area (Å²) in [7, 11) is 0. The van der Waals surface area contributed by atoms with Gasteiger partial charge in [-0.15, -0.1) is 0 Å². The SMILES string of the molecule is S=C(Nc1ccc(Br)cc1Cl)N1CCN(C(c2ccccc2)c2ccccc2)CC1. The number of hydrogen-bond donors (Lipinski definition) is 1. The maximum Gasteiger partial charge on any atom is 0.173 e. The minimum Gasteiger partial charge on any atom is -0.346 e. The molecule has 3 aromatic rings. The summed E-state index contributed by atoms with van der Waals surface area (Å²) in [4.78, 5) is 4.76. The lowest BCUT2D eigenvalue weighted by Gasteiger charge is -2.40. The van der Waals surface area contributed by atoms with Gasteiger partial charge >= 0.3 is 0 Å². The molecule has 1 saturated heterocycles. The molecule has 0 aromatic heterocycles. The number of nitrogens with zero attached hydrogens (tertiary/aromatic N) is 2. The molecule has 0 spiro atoms. The molecule has 1 fully saturated rings. The Bertz CT molecular complexity index is 952. The largest absolute Gasteiger partial charge is 0.346 e. The maximum atomic E-state index is 6.33. The van der Waals surface area contributed by atoms with Gasteiger partial charge in [0.25, 0.3) is 0 Å². The van der Waals surface area contributed by atoms with E-state index in [1.807, 2.05) is 18.2 Å². The van der Waals surface area contributed by atoms with Crippen molar-refractivity contribution in [3.05, 3.63) is 99.5 Å². The first-order chi connectivity index (χ1) is 14.6. The van der Waals surface area contributed by atoms with E-state index in [1.54, 1.807) is 0 Å². The fourth-order valence-corrected chi connectivity index (χ4v) is 4.87. The zero-order valence-electron chi connectivity index (χ0n) is 16.5. The first kappa shape index (κ1) is 21.3. The van der Waals surface area contributed by atoms with Gasteiger partial charge in [0.15, 0.2) is 5.11 Å². The molecule has 30 heavy (non-hydrogen) atoms. The van der Waals surface area contributed by atoms with Gasteiger partial charge in [0.2, 0.25) is 0 Å². The molecule has 4 rings (SSSR count). The Hall–Kier alpha value is -1.92. The fraction of sp³-hybridized carbons (Fsp3) is 0.208. The molecule has 3 aromatic carbocycles. The lowest BCUT2D eigenvalue weighted by atomic mass is 9.96. The van der Waals surface area contributed by atoms with Crippen LogP contribution in [-0.4, -0.2) is 41.1 Å². The summed E-state index contributed by atoms with van der Waals surface area (Å²) in [6, 6.07) is 27.5. The van der Waals surface area contributed by atoms with Crippen molar-refractivity contribution in [2.75, 3.05) is 31.5 Å².